The van der Waals surface area contributed by atoms with Gasteiger partial charge in [0.1, 0.15) is 30.3 Å². The number of carbonyl (C=O) groups is 1. The second-order valence-corrected chi connectivity index (χ2v) is 6.44. The minimum Gasteiger partial charge on any atom is -0.505 e. The second-order valence-electron chi connectivity index (χ2n) is 4.85. The van der Waals surface area contributed by atoms with Crippen LogP contribution in [0.5, 0.6) is 11.5 Å². The highest BCUT2D eigenvalue weighted by atomic mass is 32.2. The number of phenolic OH excluding ortho intramolecular Hbond substituents is 1. The molecule has 2 heterocycles. The van der Waals surface area contributed by atoms with Gasteiger partial charge in [0, 0.05) is 17.7 Å². The average Bonchev–Trinajstić information content (AvgIpc) is 2.64. The first kappa shape index (κ1) is 13.9. The lowest BCUT2D eigenvalue weighted by molar-refractivity contribution is -0.117. The van der Waals surface area contributed by atoms with Crippen molar-refractivity contribution in [1.82, 2.24) is 4.72 Å². The number of nitrogens with one attached hydrogen (secondary N) is 1. The highest BCUT2D eigenvalue weighted by Crippen LogP contribution is 2.41. The predicted octanol–water partition coefficient (Wildman–Crippen LogP) is -1.03. The van der Waals surface area contributed by atoms with Crippen molar-refractivity contribution in [2.24, 2.45) is 5.73 Å². The van der Waals surface area contributed by atoms with E-state index in [4.69, 9.17) is 10.5 Å². The Kier molecular flexibility index (Phi) is 2.95. The third-order valence-corrected chi connectivity index (χ3v) is 4.65. The Morgan fingerprint density at radius 3 is 2.86 bits per heavy atom. The molecule has 1 fully saturated rings. The van der Waals surface area contributed by atoms with Gasteiger partial charge >= 0.3 is 10.2 Å². The van der Waals surface area contributed by atoms with Crippen LogP contribution in [0.4, 0.5) is 10.1 Å². The van der Waals surface area contributed by atoms with E-state index in [0.717, 1.165) is 6.07 Å². The Balaban J connectivity index is 2.16. The van der Waals surface area contributed by atoms with Gasteiger partial charge in [-0.15, -0.1) is 0 Å². The minimum atomic E-state index is -4.21. The molecular weight excluding hydrogens is 305 g/mol. The van der Waals surface area contributed by atoms with Crippen molar-refractivity contribution in [3.05, 3.63) is 17.4 Å². The number of rotatable bonds is 1. The van der Waals surface area contributed by atoms with E-state index in [2.05, 4.69) is 0 Å². The first-order valence-electron chi connectivity index (χ1n) is 6.05. The van der Waals surface area contributed by atoms with E-state index in [1.54, 1.807) is 4.72 Å². The molecule has 2 aliphatic rings. The number of hydrogen-bond donors (Lipinski definition) is 3. The van der Waals surface area contributed by atoms with E-state index in [1.807, 2.05) is 0 Å². The second kappa shape index (κ2) is 4.46. The Labute approximate surface area is 119 Å². The summed E-state index contributed by atoms with van der Waals surface area (Å²) in [7, 11) is -4.21. The molecule has 2 aliphatic heterocycles. The van der Waals surface area contributed by atoms with Crippen LogP contribution >= 0.6 is 0 Å². The highest BCUT2D eigenvalue weighted by Gasteiger charge is 2.39. The Hall–Kier alpha value is -2.07. The number of hydrogen-bond acceptors (Lipinski definition) is 6. The Morgan fingerprint density at radius 2 is 2.24 bits per heavy atom. The summed E-state index contributed by atoms with van der Waals surface area (Å²) in [5.74, 6) is -2.27. The monoisotopic (exact) mass is 317 g/mol. The van der Waals surface area contributed by atoms with Crippen LogP contribution in [0, 0.1) is 5.82 Å². The molecule has 21 heavy (non-hydrogen) atoms. The zero-order chi connectivity index (χ0) is 15.4. The van der Waals surface area contributed by atoms with Gasteiger partial charge in [0.05, 0.1) is 0 Å². The molecule has 1 saturated heterocycles. The Bertz CT molecular complexity index is 736. The molecule has 10 heteroatoms. The lowest BCUT2D eigenvalue weighted by Crippen LogP contribution is -2.35. The minimum absolute atomic E-state index is 0.0797. The molecule has 0 unspecified atom stereocenters. The van der Waals surface area contributed by atoms with Crippen molar-refractivity contribution in [2.75, 3.05) is 17.5 Å². The zero-order valence-corrected chi connectivity index (χ0v) is 11.5. The van der Waals surface area contributed by atoms with Crippen LogP contribution in [0.25, 0.3) is 0 Å². The summed E-state index contributed by atoms with van der Waals surface area (Å²) in [6.07, 6.45) is 0.143. The van der Waals surface area contributed by atoms with Gasteiger partial charge in [-0.1, -0.05) is 0 Å². The number of carbonyl (C=O) groups excluding carboxylic acids is 1. The number of anilines is 1. The van der Waals surface area contributed by atoms with E-state index < -0.39 is 46.0 Å². The van der Waals surface area contributed by atoms with Crippen LogP contribution in [0.1, 0.15) is 5.56 Å². The molecule has 1 aromatic carbocycles. The molecule has 1 aromatic rings. The number of ether oxygens (including phenoxy) is 1. The smallest absolute Gasteiger partial charge is 0.326 e. The van der Waals surface area contributed by atoms with E-state index >= 15 is 0 Å². The van der Waals surface area contributed by atoms with Gasteiger partial charge < -0.3 is 15.6 Å². The number of phenols is 1. The van der Waals surface area contributed by atoms with Crippen molar-refractivity contribution >= 4 is 21.8 Å². The van der Waals surface area contributed by atoms with Gasteiger partial charge in [-0.25, -0.2) is 13.4 Å². The summed E-state index contributed by atoms with van der Waals surface area (Å²) in [5.41, 5.74) is 5.18. The lowest BCUT2D eigenvalue weighted by atomic mass is 10.0. The van der Waals surface area contributed by atoms with Gasteiger partial charge in [0.2, 0.25) is 0 Å². The maximum absolute atomic E-state index is 14.6. The van der Waals surface area contributed by atoms with Crippen LogP contribution in [0.3, 0.4) is 0 Å². The maximum Gasteiger partial charge on any atom is 0.326 e. The molecule has 1 atom stereocenters. The van der Waals surface area contributed by atoms with Crippen LogP contribution in [0.2, 0.25) is 0 Å². The summed E-state index contributed by atoms with van der Waals surface area (Å²) < 4.78 is 45.5. The first-order valence-corrected chi connectivity index (χ1v) is 7.49. The zero-order valence-electron chi connectivity index (χ0n) is 10.7. The fourth-order valence-corrected chi connectivity index (χ4v) is 3.53. The lowest BCUT2D eigenvalue weighted by Gasteiger charge is -2.26. The van der Waals surface area contributed by atoms with Gasteiger partial charge in [0.15, 0.2) is 5.82 Å². The Morgan fingerprint density at radius 1 is 1.52 bits per heavy atom. The average molecular weight is 317 g/mol. The summed E-state index contributed by atoms with van der Waals surface area (Å²) in [4.78, 5) is 11.2. The van der Waals surface area contributed by atoms with E-state index in [1.165, 1.54) is 0 Å². The number of amides is 1. The molecule has 0 aromatic heterocycles. The summed E-state index contributed by atoms with van der Waals surface area (Å²) in [5, 5.41) is 9.90. The highest BCUT2D eigenvalue weighted by molar-refractivity contribution is 7.92. The summed E-state index contributed by atoms with van der Waals surface area (Å²) >= 11 is 0. The van der Waals surface area contributed by atoms with Gasteiger partial charge in [0.25, 0.3) is 5.91 Å². The fraction of sp³-hybridized carbons (Fsp3) is 0.364. The number of benzene rings is 1. The summed E-state index contributed by atoms with van der Waals surface area (Å²) in [6, 6.07) is 0.692. The molecular formula is C11H12FN3O5S. The van der Waals surface area contributed by atoms with Crippen molar-refractivity contribution in [2.45, 2.75) is 12.5 Å². The topological polar surface area (TPSA) is 122 Å². The SMILES string of the molecule is N[C@@H]1COc2cc(O)c(N3CC(=O)NS3(=O)=O)c(F)c2C1. The molecule has 0 radical (unpaired) electrons. The van der Waals surface area contributed by atoms with E-state index in [-0.39, 0.29) is 24.3 Å². The molecule has 0 spiro atoms. The van der Waals surface area contributed by atoms with Crippen LogP contribution < -0.4 is 19.5 Å². The third kappa shape index (κ3) is 2.16. The van der Waals surface area contributed by atoms with Crippen LogP contribution in [-0.2, 0) is 21.4 Å². The standard InChI is InChI=1S/C11H12FN3O5S/c12-10-6-1-5(13)4-20-8(6)2-7(16)11(10)15-3-9(17)14-21(15,18)19/h2,5,16H,1,3-4,13H2,(H,14,17)/t5-/m0/s1. The van der Waals surface area contributed by atoms with Crippen molar-refractivity contribution in [1.29, 1.82) is 0 Å². The number of nitrogens with zero attached hydrogens (tertiary/aromatic N) is 1. The third-order valence-electron chi connectivity index (χ3n) is 3.27. The normalized spacial score (nSPS) is 23.4. The van der Waals surface area contributed by atoms with Crippen molar-refractivity contribution < 1.29 is 27.4 Å². The number of fused-ring (bicyclic) bond motifs is 1. The molecule has 1 amide bonds. The molecule has 0 saturated carbocycles. The number of nitrogens with two attached hydrogens (primary N) is 1. The fourth-order valence-electron chi connectivity index (χ4n) is 2.36. The van der Waals surface area contributed by atoms with Gasteiger partial charge in [-0.3, -0.25) is 4.79 Å². The molecule has 4 N–H and O–H groups in total. The quantitative estimate of drug-likeness (QED) is 0.609. The van der Waals surface area contributed by atoms with Gasteiger partial charge in [-0.05, 0) is 6.42 Å². The molecule has 114 valence electrons. The molecule has 0 aliphatic carbocycles. The van der Waals surface area contributed by atoms with Crippen LogP contribution in [0.15, 0.2) is 6.07 Å². The first-order chi connectivity index (χ1) is 9.79. The molecule has 3 rings (SSSR count). The predicted molar refractivity (Wildman–Crippen MR) is 69.6 cm³/mol. The number of halogens is 1. The van der Waals surface area contributed by atoms with Crippen LogP contribution in [-0.4, -0.2) is 38.6 Å². The summed E-state index contributed by atoms with van der Waals surface area (Å²) in [6.45, 7) is -0.425. The number of aromatic hydroxyl groups is 1. The maximum atomic E-state index is 14.6. The van der Waals surface area contributed by atoms with Crippen molar-refractivity contribution in [3.8, 4) is 11.5 Å². The van der Waals surface area contributed by atoms with E-state index in [0.29, 0.717) is 4.31 Å². The molecule has 0 bridgehead atoms. The van der Waals surface area contributed by atoms with Gasteiger partial charge in [-0.2, -0.15) is 8.42 Å². The van der Waals surface area contributed by atoms with E-state index in [9.17, 15) is 22.7 Å². The molecule has 8 nitrogen and oxygen atoms in total. The largest absolute Gasteiger partial charge is 0.505 e. The van der Waals surface area contributed by atoms with Crippen molar-refractivity contribution in [3.63, 3.8) is 0 Å².